The number of hydrogen-bond acceptors (Lipinski definition) is 3. The van der Waals surface area contributed by atoms with E-state index in [1.165, 1.54) is 0 Å². The summed E-state index contributed by atoms with van der Waals surface area (Å²) in [7, 11) is 0. The SMILES string of the molecule is Cc1cc(F)c(O)c(C(O)CCN)c1Cl. The number of aliphatic hydroxyl groups is 1. The summed E-state index contributed by atoms with van der Waals surface area (Å²) >= 11 is 5.87. The van der Waals surface area contributed by atoms with Crippen molar-refractivity contribution in [2.75, 3.05) is 6.54 Å². The summed E-state index contributed by atoms with van der Waals surface area (Å²) in [5, 5.41) is 19.3. The van der Waals surface area contributed by atoms with Crippen molar-refractivity contribution >= 4 is 11.6 Å². The maximum atomic E-state index is 13.2. The molecule has 0 aliphatic rings. The van der Waals surface area contributed by atoms with E-state index < -0.39 is 17.7 Å². The summed E-state index contributed by atoms with van der Waals surface area (Å²) in [5.41, 5.74) is 5.75. The van der Waals surface area contributed by atoms with Crippen molar-refractivity contribution in [1.82, 2.24) is 0 Å². The molecule has 1 aromatic rings. The van der Waals surface area contributed by atoms with Crippen LogP contribution >= 0.6 is 11.6 Å². The van der Waals surface area contributed by atoms with Crippen LogP contribution in [0.1, 0.15) is 23.7 Å². The molecule has 0 saturated heterocycles. The average molecular weight is 234 g/mol. The van der Waals surface area contributed by atoms with Crippen LogP contribution in [0.2, 0.25) is 5.02 Å². The number of halogens is 2. The van der Waals surface area contributed by atoms with Gasteiger partial charge in [0.2, 0.25) is 0 Å². The molecule has 0 fully saturated rings. The van der Waals surface area contributed by atoms with Gasteiger partial charge in [-0.2, -0.15) is 0 Å². The Morgan fingerprint density at radius 3 is 2.73 bits per heavy atom. The summed E-state index contributed by atoms with van der Waals surface area (Å²) < 4.78 is 13.2. The highest BCUT2D eigenvalue weighted by Crippen LogP contribution is 2.37. The fraction of sp³-hybridized carbons (Fsp3) is 0.400. The van der Waals surface area contributed by atoms with Crippen LogP contribution in [-0.4, -0.2) is 16.8 Å². The van der Waals surface area contributed by atoms with E-state index in [-0.39, 0.29) is 23.6 Å². The topological polar surface area (TPSA) is 66.5 Å². The predicted octanol–water partition coefficient (Wildman–Crippen LogP) is 1.88. The first-order valence-electron chi connectivity index (χ1n) is 4.54. The zero-order valence-electron chi connectivity index (χ0n) is 8.30. The Hall–Kier alpha value is -0.840. The third kappa shape index (κ3) is 2.40. The number of nitrogens with two attached hydrogens (primary N) is 1. The summed E-state index contributed by atoms with van der Waals surface area (Å²) in [5.74, 6) is -1.39. The number of benzene rings is 1. The number of aromatic hydroxyl groups is 1. The number of phenols is 1. The minimum Gasteiger partial charge on any atom is -0.505 e. The molecule has 3 nitrogen and oxygen atoms in total. The Morgan fingerprint density at radius 1 is 1.60 bits per heavy atom. The van der Waals surface area contributed by atoms with Crippen LogP contribution in [0.5, 0.6) is 5.75 Å². The fourth-order valence-corrected chi connectivity index (χ4v) is 1.64. The van der Waals surface area contributed by atoms with Gasteiger partial charge in [-0.15, -0.1) is 0 Å². The van der Waals surface area contributed by atoms with Gasteiger partial charge in [0.05, 0.1) is 11.1 Å². The molecule has 0 amide bonds. The fourth-order valence-electron chi connectivity index (χ4n) is 1.37. The number of aryl methyl sites for hydroxylation is 1. The van der Waals surface area contributed by atoms with Gasteiger partial charge in [-0.25, -0.2) is 4.39 Å². The molecule has 0 heterocycles. The van der Waals surface area contributed by atoms with Crippen LogP contribution in [0.3, 0.4) is 0 Å². The summed E-state index contributed by atoms with van der Waals surface area (Å²) in [4.78, 5) is 0. The maximum Gasteiger partial charge on any atom is 0.165 e. The largest absolute Gasteiger partial charge is 0.505 e. The van der Waals surface area contributed by atoms with Gasteiger partial charge < -0.3 is 15.9 Å². The Bertz CT molecular complexity index is 345. The van der Waals surface area contributed by atoms with Gasteiger partial charge in [0.15, 0.2) is 11.6 Å². The molecule has 0 aliphatic heterocycles. The monoisotopic (exact) mass is 233 g/mol. The number of aliphatic hydroxyl groups excluding tert-OH is 1. The molecule has 15 heavy (non-hydrogen) atoms. The maximum absolute atomic E-state index is 13.2. The zero-order chi connectivity index (χ0) is 11.6. The lowest BCUT2D eigenvalue weighted by Crippen LogP contribution is -2.08. The quantitative estimate of drug-likeness (QED) is 0.747. The van der Waals surface area contributed by atoms with E-state index in [0.717, 1.165) is 6.07 Å². The van der Waals surface area contributed by atoms with Crippen LogP contribution in [-0.2, 0) is 0 Å². The third-order valence-electron chi connectivity index (χ3n) is 2.18. The van der Waals surface area contributed by atoms with Crippen LogP contribution in [0.4, 0.5) is 4.39 Å². The zero-order valence-corrected chi connectivity index (χ0v) is 9.05. The van der Waals surface area contributed by atoms with Gasteiger partial charge >= 0.3 is 0 Å². The van der Waals surface area contributed by atoms with Crippen LogP contribution in [0.25, 0.3) is 0 Å². The normalized spacial score (nSPS) is 12.9. The van der Waals surface area contributed by atoms with Crippen LogP contribution in [0.15, 0.2) is 6.07 Å². The molecule has 0 aliphatic carbocycles. The lowest BCUT2D eigenvalue weighted by molar-refractivity contribution is 0.165. The molecule has 5 heteroatoms. The number of hydrogen-bond donors (Lipinski definition) is 3. The van der Waals surface area contributed by atoms with Gasteiger partial charge in [-0.3, -0.25) is 0 Å². The highest BCUT2D eigenvalue weighted by atomic mass is 35.5. The minimum atomic E-state index is -1.04. The third-order valence-corrected chi connectivity index (χ3v) is 2.68. The Morgan fingerprint density at radius 2 is 2.20 bits per heavy atom. The first kappa shape index (κ1) is 12.2. The molecule has 0 bridgehead atoms. The molecule has 84 valence electrons. The first-order valence-corrected chi connectivity index (χ1v) is 4.92. The van der Waals surface area contributed by atoms with E-state index in [1.54, 1.807) is 6.92 Å². The van der Waals surface area contributed by atoms with E-state index in [4.69, 9.17) is 17.3 Å². The lowest BCUT2D eigenvalue weighted by atomic mass is 10.0. The highest BCUT2D eigenvalue weighted by molar-refractivity contribution is 6.32. The van der Waals surface area contributed by atoms with Crippen LogP contribution < -0.4 is 5.73 Å². The van der Waals surface area contributed by atoms with Crippen molar-refractivity contribution < 1.29 is 14.6 Å². The number of phenolic OH excluding ortho intramolecular Hbond substituents is 1. The van der Waals surface area contributed by atoms with Gasteiger partial charge in [-0.1, -0.05) is 11.6 Å². The van der Waals surface area contributed by atoms with Crippen molar-refractivity contribution in [3.8, 4) is 5.75 Å². The average Bonchev–Trinajstić information content (AvgIpc) is 2.16. The molecule has 0 aromatic heterocycles. The molecule has 4 N–H and O–H groups in total. The second-order valence-corrected chi connectivity index (χ2v) is 3.72. The smallest absolute Gasteiger partial charge is 0.165 e. The summed E-state index contributed by atoms with van der Waals surface area (Å²) in [6.07, 6.45) is -0.826. The van der Waals surface area contributed by atoms with Crippen LogP contribution in [0, 0.1) is 12.7 Å². The van der Waals surface area contributed by atoms with Gasteiger partial charge in [0, 0.05) is 5.56 Å². The molecule has 0 spiro atoms. The van der Waals surface area contributed by atoms with Crippen molar-refractivity contribution in [3.05, 3.63) is 28.0 Å². The molecule has 1 rings (SSSR count). The molecular weight excluding hydrogens is 221 g/mol. The Balaban J connectivity index is 3.26. The van der Waals surface area contributed by atoms with Gasteiger partial charge in [0.1, 0.15) is 0 Å². The van der Waals surface area contributed by atoms with Crippen molar-refractivity contribution in [2.24, 2.45) is 5.73 Å². The van der Waals surface area contributed by atoms with Crippen molar-refractivity contribution in [3.63, 3.8) is 0 Å². The Labute approximate surface area is 92.3 Å². The van der Waals surface area contributed by atoms with E-state index in [2.05, 4.69) is 0 Å². The lowest BCUT2D eigenvalue weighted by Gasteiger charge is -2.15. The summed E-state index contributed by atoms with van der Waals surface area (Å²) in [6.45, 7) is 1.83. The molecule has 1 unspecified atom stereocenters. The van der Waals surface area contributed by atoms with E-state index >= 15 is 0 Å². The molecule has 1 aromatic carbocycles. The molecule has 0 saturated carbocycles. The highest BCUT2D eigenvalue weighted by Gasteiger charge is 2.20. The molecule has 1 atom stereocenters. The predicted molar refractivity (Wildman–Crippen MR) is 56.4 cm³/mol. The molecular formula is C10H13ClFNO2. The van der Waals surface area contributed by atoms with Crippen molar-refractivity contribution in [2.45, 2.75) is 19.4 Å². The second-order valence-electron chi connectivity index (χ2n) is 3.34. The standard InChI is InChI=1S/C10H13ClFNO2/c1-5-4-6(12)10(15)8(9(5)11)7(14)2-3-13/h4,7,14-15H,2-3,13H2,1H3. The second kappa shape index (κ2) is 4.79. The first-order chi connectivity index (χ1) is 6.99. The van der Waals surface area contributed by atoms with Crippen molar-refractivity contribution in [1.29, 1.82) is 0 Å². The minimum absolute atomic E-state index is 0.0135. The van der Waals surface area contributed by atoms with E-state index in [0.29, 0.717) is 5.56 Å². The van der Waals surface area contributed by atoms with E-state index in [9.17, 15) is 14.6 Å². The number of rotatable bonds is 3. The van der Waals surface area contributed by atoms with Gasteiger partial charge in [0.25, 0.3) is 0 Å². The Kier molecular flexibility index (Phi) is 3.90. The summed E-state index contributed by atoms with van der Waals surface area (Å²) in [6, 6.07) is 1.12. The van der Waals surface area contributed by atoms with E-state index in [1.807, 2.05) is 0 Å². The molecule has 0 radical (unpaired) electrons. The van der Waals surface area contributed by atoms with Gasteiger partial charge in [-0.05, 0) is 31.5 Å².